The second-order valence-electron chi connectivity index (χ2n) is 5.94. The molecule has 0 aromatic heterocycles. The lowest BCUT2D eigenvalue weighted by Gasteiger charge is -2.10. The number of fused-ring (bicyclic) bond motifs is 1. The van der Waals surface area contributed by atoms with Crippen LogP contribution in [-0.4, -0.2) is 37.7 Å². The van der Waals surface area contributed by atoms with Crippen LogP contribution < -0.4 is 10.7 Å². The fourth-order valence-electron chi connectivity index (χ4n) is 2.74. The Morgan fingerprint density at radius 3 is 2.62 bits per heavy atom. The molecule has 1 atom stereocenters. The van der Waals surface area contributed by atoms with E-state index in [1.165, 1.54) is 0 Å². The van der Waals surface area contributed by atoms with Gasteiger partial charge in [0.05, 0.1) is 17.2 Å². The number of nitrogens with one attached hydrogen (secondary N) is 2. The fraction of sp³-hybridized carbons (Fsp3) is 0.294. The van der Waals surface area contributed by atoms with Crippen LogP contribution in [0.1, 0.15) is 18.9 Å². The van der Waals surface area contributed by atoms with E-state index in [1.807, 2.05) is 49.4 Å². The zero-order valence-electron chi connectivity index (χ0n) is 13.3. The summed E-state index contributed by atoms with van der Waals surface area (Å²) in [5.74, 6) is 0.116. The Bertz CT molecular complexity index is 906. The molecule has 1 aliphatic rings. The van der Waals surface area contributed by atoms with E-state index in [-0.39, 0.29) is 17.5 Å². The molecule has 126 valence electrons. The lowest BCUT2D eigenvalue weighted by Crippen LogP contribution is -2.41. The van der Waals surface area contributed by atoms with Crippen molar-refractivity contribution in [3.63, 3.8) is 0 Å². The van der Waals surface area contributed by atoms with Crippen LogP contribution >= 0.6 is 0 Å². The molecule has 24 heavy (non-hydrogen) atoms. The van der Waals surface area contributed by atoms with Gasteiger partial charge >= 0.3 is 6.03 Å². The standard InChI is InChI=1S/C17H19N3O3S/c1-12(14-7-6-13-4-2-3-5-15(13)10-14)19-20-17(21)18-16-8-9-24(22,23)11-16/h2-7,10,16H,8-9,11H2,1H3,(H2,18,20,21)/t16-/m1/s1. The maximum absolute atomic E-state index is 11.8. The molecule has 0 spiro atoms. The highest BCUT2D eigenvalue weighted by molar-refractivity contribution is 7.91. The number of carbonyl (C=O) groups excluding carboxylic acids is 1. The molecule has 2 amide bonds. The van der Waals surface area contributed by atoms with E-state index in [4.69, 9.17) is 0 Å². The first-order valence-electron chi connectivity index (χ1n) is 7.73. The van der Waals surface area contributed by atoms with Gasteiger partial charge in [-0.3, -0.25) is 0 Å². The van der Waals surface area contributed by atoms with Crippen molar-refractivity contribution in [1.82, 2.24) is 10.7 Å². The molecular formula is C17H19N3O3S. The monoisotopic (exact) mass is 345 g/mol. The zero-order valence-corrected chi connectivity index (χ0v) is 14.1. The van der Waals surface area contributed by atoms with Gasteiger partial charge in [-0.05, 0) is 35.7 Å². The Balaban J connectivity index is 1.63. The zero-order chi connectivity index (χ0) is 17.2. The SMILES string of the molecule is CC(=NNC(=O)N[C@@H]1CCS(=O)(=O)C1)c1ccc2ccccc2c1. The molecule has 2 N–H and O–H groups in total. The van der Waals surface area contributed by atoms with Crippen molar-refractivity contribution in [1.29, 1.82) is 0 Å². The number of benzene rings is 2. The summed E-state index contributed by atoms with van der Waals surface area (Å²) in [4.78, 5) is 11.8. The van der Waals surface area contributed by atoms with E-state index in [0.29, 0.717) is 12.1 Å². The number of nitrogens with zero attached hydrogens (tertiary/aromatic N) is 1. The summed E-state index contributed by atoms with van der Waals surface area (Å²) < 4.78 is 22.8. The van der Waals surface area contributed by atoms with Crippen LogP contribution in [-0.2, 0) is 9.84 Å². The minimum atomic E-state index is -3.01. The lowest BCUT2D eigenvalue weighted by molar-refractivity contribution is 0.238. The maximum Gasteiger partial charge on any atom is 0.335 e. The van der Waals surface area contributed by atoms with Crippen LogP contribution in [0.2, 0.25) is 0 Å². The highest BCUT2D eigenvalue weighted by Crippen LogP contribution is 2.16. The van der Waals surface area contributed by atoms with Crippen LogP contribution in [0.3, 0.4) is 0 Å². The summed E-state index contributed by atoms with van der Waals surface area (Å²) in [5.41, 5.74) is 4.02. The number of hydrogen-bond donors (Lipinski definition) is 2. The largest absolute Gasteiger partial charge is 0.335 e. The number of hydrogen-bond acceptors (Lipinski definition) is 4. The van der Waals surface area contributed by atoms with Gasteiger partial charge in [-0.1, -0.05) is 36.4 Å². The smallest absolute Gasteiger partial charge is 0.333 e. The van der Waals surface area contributed by atoms with Gasteiger partial charge in [0.2, 0.25) is 0 Å². The van der Waals surface area contributed by atoms with Crippen molar-refractivity contribution >= 4 is 32.4 Å². The average Bonchev–Trinajstić information content (AvgIpc) is 2.90. The summed E-state index contributed by atoms with van der Waals surface area (Å²) in [6, 6.07) is 13.1. The van der Waals surface area contributed by atoms with E-state index in [9.17, 15) is 13.2 Å². The molecule has 3 rings (SSSR count). The number of amides is 2. The molecule has 0 unspecified atom stereocenters. The number of sulfone groups is 1. The Morgan fingerprint density at radius 1 is 1.17 bits per heavy atom. The first-order chi connectivity index (χ1) is 11.4. The Morgan fingerprint density at radius 2 is 1.92 bits per heavy atom. The number of hydrazone groups is 1. The van der Waals surface area contributed by atoms with Crippen LogP contribution in [0.4, 0.5) is 4.79 Å². The summed E-state index contributed by atoms with van der Waals surface area (Å²) in [5, 5.41) is 8.96. The number of urea groups is 1. The van der Waals surface area contributed by atoms with Gasteiger partial charge in [-0.15, -0.1) is 0 Å². The van der Waals surface area contributed by atoms with Crippen LogP contribution in [0.5, 0.6) is 0 Å². The van der Waals surface area contributed by atoms with E-state index < -0.39 is 15.9 Å². The number of rotatable bonds is 3. The van der Waals surface area contributed by atoms with Crippen molar-refractivity contribution in [2.75, 3.05) is 11.5 Å². The van der Waals surface area contributed by atoms with Crippen LogP contribution in [0.15, 0.2) is 47.6 Å². The normalized spacial score (nSPS) is 20.0. The van der Waals surface area contributed by atoms with Crippen molar-refractivity contribution in [2.45, 2.75) is 19.4 Å². The van der Waals surface area contributed by atoms with Gasteiger partial charge in [-0.25, -0.2) is 18.6 Å². The molecule has 0 bridgehead atoms. The first kappa shape index (κ1) is 16.4. The van der Waals surface area contributed by atoms with Crippen molar-refractivity contribution in [3.8, 4) is 0 Å². The van der Waals surface area contributed by atoms with E-state index in [1.54, 1.807) is 0 Å². The molecule has 1 aliphatic heterocycles. The quantitative estimate of drug-likeness (QED) is 0.659. The topological polar surface area (TPSA) is 87.6 Å². The molecule has 2 aromatic rings. The second-order valence-corrected chi connectivity index (χ2v) is 8.17. The van der Waals surface area contributed by atoms with Gasteiger partial charge in [0.25, 0.3) is 0 Å². The minimum Gasteiger partial charge on any atom is -0.333 e. The summed E-state index contributed by atoms with van der Waals surface area (Å²) in [6.45, 7) is 1.81. The molecule has 2 aromatic carbocycles. The summed E-state index contributed by atoms with van der Waals surface area (Å²) in [7, 11) is -3.01. The molecule has 0 saturated carbocycles. The third-order valence-corrected chi connectivity index (χ3v) is 5.83. The van der Waals surface area contributed by atoms with E-state index >= 15 is 0 Å². The second kappa shape index (κ2) is 6.60. The summed E-state index contributed by atoms with van der Waals surface area (Å²) in [6.07, 6.45) is 0.448. The predicted molar refractivity (Wildman–Crippen MR) is 94.9 cm³/mol. The van der Waals surface area contributed by atoms with Crippen molar-refractivity contribution in [2.24, 2.45) is 5.10 Å². The van der Waals surface area contributed by atoms with Crippen LogP contribution in [0, 0.1) is 0 Å². The molecule has 7 heteroatoms. The molecule has 0 radical (unpaired) electrons. The van der Waals surface area contributed by atoms with Gasteiger partial charge in [0, 0.05) is 6.04 Å². The van der Waals surface area contributed by atoms with Crippen molar-refractivity contribution in [3.05, 3.63) is 48.0 Å². The Kier molecular flexibility index (Phi) is 4.53. The summed E-state index contributed by atoms with van der Waals surface area (Å²) >= 11 is 0. The third-order valence-electron chi connectivity index (χ3n) is 4.06. The first-order valence-corrected chi connectivity index (χ1v) is 9.55. The average molecular weight is 345 g/mol. The van der Waals surface area contributed by atoms with Gasteiger partial charge in [0.15, 0.2) is 9.84 Å². The Labute approximate surface area is 140 Å². The van der Waals surface area contributed by atoms with E-state index in [0.717, 1.165) is 16.3 Å². The molecule has 0 aliphatic carbocycles. The predicted octanol–water partition coefficient (Wildman–Crippen LogP) is 2.05. The van der Waals surface area contributed by atoms with E-state index in [2.05, 4.69) is 15.8 Å². The van der Waals surface area contributed by atoms with Gasteiger partial charge in [0.1, 0.15) is 0 Å². The van der Waals surface area contributed by atoms with Gasteiger partial charge < -0.3 is 5.32 Å². The van der Waals surface area contributed by atoms with Crippen LogP contribution in [0.25, 0.3) is 10.8 Å². The maximum atomic E-state index is 11.8. The highest BCUT2D eigenvalue weighted by Gasteiger charge is 2.28. The molecule has 6 nitrogen and oxygen atoms in total. The molecule has 1 fully saturated rings. The number of carbonyl (C=O) groups is 1. The lowest BCUT2D eigenvalue weighted by atomic mass is 10.0. The third kappa shape index (κ3) is 3.91. The molecule has 1 saturated heterocycles. The Hall–Kier alpha value is -2.41. The highest BCUT2D eigenvalue weighted by atomic mass is 32.2. The van der Waals surface area contributed by atoms with Gasteiger partial charge in [-0.2, -0.15) is 5.10 Å². The molecule has 1 heterocycles. The minimum absolute atomic E-state index is 0.00616. The fourth-order valence-corrected chi connectivity index (χ4v) is 4.41. The molecular weight excluding hydrogens is 326 g/mol. The van der Waals surface area contributed by atoms with Crippen molar-refractivity contribution < 1.29 is 13.2 Å².